The van der Waals surface area contributed by atoms with Gasteiger partial charge in [0.15, 0.2) is 11.5 Å². The largest absolute Gasteiger partial charge is 0.454 e. The smallest absolute Gasteiger partial charge is 0.231 e. The van der Waals surface area contributed by atoms with Gasteiger partial charge in [0, 0.05) is 31.3 Å². The Kier molecular flexibility index (Phi) is 4.01. The Bertz CT molecular complexity index is 806. The fourth-order valence-corrected chi connectivity index (χ4v) is 3.12. The van der Waals surface area contributed by atoms with E-state index in [9.17, 15) is 9.59 Å². The molecule has 4 rings (SSSR count). The molecule has 1 N–H and O–H groups in total. The van der Waals surface area contributed by atoms with E-state index in [0.717, 1.165) is 5.56 Å². The lowest BCUT2D eigenvalue weighted by Gasteiger charge is -2.16. The number of fused-ring (bicyclic) bond motifs is 1. The standard InChI is InChI=1S/C19H18N2O4/c22-18-8-14(11-21(18)10-13-4-2-1-3-5-13)19(23)20-15-6-7-16-17(9-15)25-12-24-16/h1-7,9,14H,8,10-12H2,(H,20,23)/t14-/m1/s1. The molecule has 0 spiro atoms. The number of hydrogen-bond acceptors (Lipinski definition) is 4. The Hall–Kier alpha value is -3.02. The van der Waals surface area contributed by atoms with Crippen molar-refractivity contribution in [3.8, 4) is 11.5 Å². The summed E-state index contributed by atoms with van der Waals surface area (Å²) in [4.78, 5) is 26.4. The molecule has 2 amide bonds. The molecule has 1 atom stereocenters. The van der Waals surface area contributed by atoms with Crippen molar-refractivity contribution in [2.45, 2.75) is 13.0 Å². The third-order valence-corrected chi connectivity index (χ3v) is 4.44. The van der Waals surface area contributed by atoms with Gasteiger partial charge >= 0.3 is 0 Å². The number of carbonyl (C=O) groups excluding carboxylic acids is 2. The van der Waals surface area contributed by atoms with Crippen LogP contribution < -0.4 is 14.8 Å². The summed E-state index contributed by atoms with van der Waals surface area (Å²) in [5.74, 6) is 0.799. The minimum Gasteiger partial charge on any atom is -0.454 e. The predicted molar refractivity (Wildman–Crippen MR) is 91.2 cm³/mol. The first-order valence-electron chi connectivity index (χ1n) is 8.21. The number of anilines is 1. The summed E-state index contributed by atoms with van der Waals surface area (Å²) < 4.78 is 10.6. The molecule has 0 aromatic heterocycles. The summed E-state index contributed by atoms with van der Waals surface area (Å²) in [5, 5.41) is 2.87. The van der Waals surface area contributed by atoms with Gasteiger partial charge in [-0.2, -0.15) is 0 Å². The molecule has 2 aromatic carbocycles. The van der Waals surface area contributed by atoms with E-state index in [4.69, 9.17) is 9.47 Å². The number of likely N-dealkylation sites (tertiary alicyclic amines) is 1. The number of ether oxygens (including phenoxy) is 2. The zero-order valence-electron chi connectivity index (χ0n) is 13.6. The molecule has 0 radical (unpaired) electrons. The van der Waals surface area contributed by atoms with Gasteiger partial charge in [-0.3, -0.25) is 9.59 Å². The van der Waals surface area contributed by atoms with Crippen molar-refractivity contribution in [3.05, 3.63) is 54.1 Å². The average molecular weight is 338 g/mol. The fourth-order valence-electron chi connectivity index (χ4n) is 3.12. The van der Waals surface area contributed by atoms with Crippen molar-refractivity contribution < 1.29 is 19.1 Å². The van der Waals surface area contributed by atoms with Crippen LogP contribution in [0.5, 0.6) is 11.5 Å². The van der Waals surface area contributed by atoms with Crippen LogP contribution in [0.1, 0.15) is 12.0 Å². The zero-order chi connectivity index (χ0) is 17.2. The maximum Gasteiger partial charge on any atom is 0.231 e. The van der Waals surface area contributed by atoms with Gasteiger partial charge in [-0.25, -0.2) is 0 Å². The van der Waals surface area contributed by atoms with Gasteiger partial charge in [-0.15, -0.1) is 0 Å². The van der Waals surface area contributed by atoms with Crippen molar-refractivity contribution >= 4 is 17.5 Å². The predicted octanol–water partition coefficient (Wildman–Crippen LogP) is 2.40. The number of amides is 2. The third kappa shape index (κ3) is 3.28. The number of benzene rings is 2. The quantitative estimate of drug-likeness (QED) is 0.929. The summed E-state index contributed by atoms with van der Waals surface area (Å²) in [5.41, 5.74) is 1.70. The SMILES string of the molecule is O=C(Nc1ccc2c(c1)OCO2)[C@@H]1CC(=O)N(Cc2ccccc2)C1. The van der Waals surface area contributed by atoms with Crippen LogP contribution in [0.2, 0.25) is 0 Å². The Labute approximate surface area is 145 Å². The lowest BCUT2D eigenvalue weighted by Crippen LogP contribution is -2.28. The Balaban J connectivity index is 1.39. The van der Waals surface area contributed by atoms with Gasteiger partial charge in [-0.1, -0.05) is 30.3 Å². The molecule has 0 saturated carbocycles. The number of nitrogens with zero attached hydrogens (tertiary/aromatic N) is 1. The highest BCUT2D eigenvalue weighted by Crippen LogP contribution is 2.34. The minimum atomic E-state index is -0.346. The van der Waals surface area contributed by atoms with E-state index >= 15 is 0 Å². The molecule has 0 unspecified atom stereocenters. The van der Waals surface area contributed by atoms with Crippen molar-refractivity contribution in [3.63, 3.8) is 0 Å². The van der Waals surface area contributed by atoms with Gasteiger partial charge in [0.25, 0.3) is 0 Å². The van der Waals surface area contributed by atoms with E-state index in [1.807, 2.05) is 30.3 Å². The molecule has 2 aliphatic heterocycles. The lowest BCUT2D eigenvalue weighted by atomic mass is 10.1. The van der Waals surface area contributed by atoms with Crippen LogP contribution in [0, 0.1) is 5.92 Å². The van der Waals surface area contributed by atoms with Crippen LogP contribution in [-0.2, 0) is 16.1 Å². The van der Waals surface area contributed by atoms with Gasteiger partial charge in [0.2, 0.25) is 18.6 Å². The molecular weight excluding hydrogens is 320 g/mol. The highest BCUT2D eigenvalue weighted by Gasteiger charge is 2.34. The number of nitrogens with one attached hydrogen (secondary N) is 1. The normalized spacial score (nSPS) is 18.5. The third-order valence-electron chi connectivity index (χ3n) is 4.44. The molecule has 6 nitrogen and oxygen atoms in total. The Morgan fingerprint density at radius 3 is 2.76 bits per heavy atom. The monoisotopic (exact) mass is 338 g/mol. The van der Waals surface area contributed by atoms with Crippen LogP contribution in [0.4, 0.5) is 5.69 Å². The average Bonchev–Trinajstić information content (AvgIpc) is 3.22. The minimum absolute atomic E-state index is 0.00897. The Morgan fingerprint density at radius 1 is 1.12 bits per heavy atom. The van der Waals surface area contributed by atoms with E-state index in [2.05, 4.69) is 5.32 Å². The first kappa shape index (κ1) is 15.5. The second-order valence-electron chi connectivity index (χ2n) is 6.22. The van der Waals surface area contributed by atoms with E-state index in [1.54, 1.807) is 23.1 Å². The molecule has 1 saturated heterocycles. The van der Waals surface area contributed by atoms with Crippen LogP contribution >= 0.6 is 0 Å². The second kappa shape index (κ2) is 6.47. The molecule has 6 heteroatoms. The van der Waals surface area contributed by atoms with Gasteiger partial charge in [0.1, 0.15) is 0 Å². The van der Waals surface area contributed by atoms with Crippen molar-refractivity contribution in [2.75, 3.05) is 18.7 Å². The maximum atomic E-state index is 12.5. The first-order valence-corrected chi connectivity index (χ1v) is 8.21. The fraction of sp³-hybridized carbons (Fsp3) is 0.263. The van der Waals surface area contributed by atoms with Crippen LogP contribution in [0.25, 0.3) is 0 Å². The van der Waals surface area contributed by atoms with Crippen LogP contribution in [0.15, 0.2) is 48.5 Å². The molecule has 128 valence electrons. The number of rotatable bonds is 4. The molecule has 2 heterocycles. The topological polar surface area (TPSA) is 67.9 Å². The Morgan fingerprint density at radius 2 is 1.92 bits per heavy atom. The highest BCUT2D eigenvalue weighted by atomic mass is 16.7. The molecule has 25 heavy (non-hydrogen) atoms. The summed E-state index contributed by atoms with van der Waals surface area (Å²) >= 11 is 0. The highest BCUT2D eigenvalue weighted by molar-refractivity contribution is 5.97. The molecule has 1 fully saturated rings. The van der Waals surface area contributed by atoms with Gasteiger partial charge in [0.05, 0.1) is 5.92 Å². The maximum absolute atomic E-state index is 12.5. The van der Waals surface area contributed by atoms with E-state index in [1.165, 1.54) is 0 Å². The van der Waals surface area contributed by atoms with Crippen molar-refractivity contribution in [1.82, 2.24) is 4.90 Å². The van der Waals surface area contributed by atoms with Crippen molar-refractivity contribution in [2.24, 2.45) is 5.92 Å². The molecular formula is C19H18N2O4. The first-order chi connectivity index (χ1) is 12.2. The molecule has 2 aliphatic rings. The molecule has 0 aliphatic carbocycles. The summed E-state index contributed by atoms with van der Waals surface area (Å²) in [6.45, 7) is 1.16. The van der Waals surface area contributed by atoms with E-state index < -0.39 is 0 Å². The van der Waals surface area contributed by atoms with Gasteiger partial charge in [-0.05, 0) is 17.7 Å². The lowest BCUT2D eigenvalue weighted by molar-refractivity contribution is -0.128. The van der Waals surface area contributed by atoms with Crippen molar-refractivity contribution in [1.29, 1.82) is 0 Å². The van der Waals surface area contributed by atoms with E-state index in [-0.39, 0.29) is 30.9 Å². The number of carbonyl (C=O) groups is 2. The zero-order valence-corrected chi connectivity index (χ0v) is 13.6. The summed E-state index contributed by atoms with van der Waals surface area (Å²) in [6, 6.07) is 15.1. The molecule has 0 bridgehead atoms. The molecule has 2 aromatic rings. The van der Waals surface area contributed by atoms with Crippen LogP contribution in [-0.4, -0.2) is 30.1 Å². The van der Waals surface area contributed by atoms with Gasteiger partial charge < -0.3 is 19.7 Å². The number of hydrogen-bond donors (Lipinski definition) is 1. The summed E-state index contributed by atoms with van der Waals surface area (Å²) in [6.07, 6.45) is 0.239. The van der Waals surface area contributed by atoms with E-state index in [0.29, 0.717) is 30.3 Å². The summed E-state index contributed by atoms with van der Waals surface area (Å²) in [7, 11) is 0. The van der Waals surface area contributed by atoms with Crippen LogP contribution in [0.3, 0.4) is 0 Å². The second-order valence-corrected chi connectivity index (χ2v) is 6.22.